The number of benzene rings is 2. The number of hydrogen-bond donors (Lipinski definition) is 2. The minimum absolute atomic E-state index is 0.166. The third-order valence-corrected chi connectivity index (χ3v) is 7.20. The van der Waals surface area contributed by atoms with E-state index in [4.69, 9.17) is 10.3 Å². The maximum Gasteiger partial charge on any atom is 0.252 e. The molecule has 0 bridgehead atoms. The molecule has 1 aliphatic rings. The van der Waals surface area contributed by atoms with Gasteiger partial charge in [0.1, 0.15) is 6.04 Å². The van der Waals surface area contributed by atoms with Gasteiger partial charge in [-0.1, -0.05) is 41.6 Å². The zero-order valence-electron chi connectivity index (χ0n) is 19.3. The van der Waals surface area contributed by atoms with Crippen LogP contribution in [0.5, 0.6) is 0 Å². The molecule has 2 atom stereocenters. The number of amides is 2. The van der Waals surface area contributed by atoms with Crippen LogP contribution in [0.15, 0.2) is 57.5 Å². The van der Waals surface area contributed by atoms with Gasteiger partial charge in [0, 0.05) is 19.3 Å². The quantitative estimate of drug-likeness (QED) is 0.453. The van der Waals surface area contributed by atoms with E-state index < -0.39 is 22.0 Å². The molecule has 2 amide bonds. The Labute approximate surface area is 203 Å². The standard InChI is InChI=1S/C24H27N5O5S/c1-2-35(32,33)27-15-19(17-7-4-3-5-8-17)24(31)29-12-6-9-20(29)23(30)26-14-16-10-11-18-21(13-16)34-28-22(18)25/h3-5,7-8,10-11,13,15,19-20H,2,6,9,12,14H2,1H3,(H2,25,28)(H,26,30)/b27-15-/t19?,20-/m0/s1. The first-order chi connectivity index (χ1) is 16.8. The van der Waals surface area contributed by atoms with Crippen molar-refractivity contribution in [2.75, 3.05) is 18.0 Å². The highest BCUT2D eigenvalue weighted by Crippen LogP contribution is 2.25. The predicted octanol–water partition coefficient (Wildman–Crippen LogP) is 2.22. The number of sulfonamides is 1. The largest absolute Gasteiger partial charge is 0.380 e. The van der Waals surface area contributed by atoms with Gasteiger partial charge < -0.3 is 20.5 Å². The summed E-state index contributed by atoms with van der Waals surface area (Å²) in [5.41, 5.74) is 7.68. The molecule has 1 unspecified atom stereocenters. The van der Waals surface area contributed by atoms with Gasteiger partial charge in [0.2, 0.25) is 11.8 Å². The summed E-state index contributed by atoms with van der Waals surface area (Å²) >= 11 is 0. The Bertz CT molecular complexity index is 1350. The average Bonchev–Trinajstić information content (AvgIpc) is 3.50. The first kappa shape index (κ1) is 24.4. The van der Waals surface area contributed by atoms with Crippen LogP contribution in [-0.2, 0) is 26.2 Å². The number of nitrogens with one attached hydrogen (secondary N) is 1. The molecule has 3 N–H and O–H groups in total. The smallest absolute Gasteiger partial charge is 0.252 e. The van der Waals surface area contributed by atoms with E-state index in [2.05, 4.69) is 14.9 Å². The molecule has 11 heteroatoms. The molecule has 10 nitrogen and oxygen atoms in total. The van der Waals surface area contributed by atoms with E-state index in [-0.39, 0.29) is 24.1 Å². The number of likely N-dealkylation sites (tertiary alicyclic amines) is 1. The highest BCUT2D eigenvalue weighted by atomic mass is 32.2. The van der Waals surface area contributed by atoms with E-state index in [1.54, 1.807) is 36.4 Å². The summed E-state index contributed by atoms with van der Waals surface area (Å²) in [6, 6.07) is 13.5. The third-order valence-electron chi connectivity index (χ3n) is 6.03. The van der Waals surface area contributed by atoms with Crippen LogP contribution in [-0.4, -0.2) is 54.8 Å². The Morgan fingerprint density at radius 2 is 2.06 bits per heavy atom. The third kappa shape index (κ3) is 5.51. The van der Waals surface area contributed by atoms with Gasteiger partial charge in [-0.2, -0.15) is 4.40 Å². The molecule has 0 saturated carbocycles. The SMILES string of the molecule is CCS(=O)(=O)/N=C\C(C(=O)N1CCC[C@H]1C(=O)NCc1ccc2c(N)noc2c1)c1ccccc1. The van der Waals surface area contributed by atoms with Crippen LogP contribution in [0.4, 0.5) is 5.82 Å². The first-order valence-electron chi connectivity index (χ1n) is 11.3. The molecule has 2 aromatic carbocycles. The highest BCUT2D eigenvalue weighted by molar-refractivity contribution is 7.90. The lowest BCUT2D eigenvalue weighted by Gasteiger charge is -2.27. The van der Waals surface area contributed by atoms with Crippen molar-refractivity contribution in [1.82, 2.24) is 15.4 Å². The summed E-state index contributed by atoms with van der Waals surface area (Å²) < 4.78 is 32.8. The normalized spacial score (nSPS) is 17.2. The van der Waals surface area contributed by atoms with Crippen molar-refractivity contribution in [3.8, 4) is 0 Å². The van der Waals surface area contributed by atoms with Crippen LogP contribution in [0.2, 0.25) is 0 Å². The van der Waals surface area contributed by atoms with E-state index in [0.717, 1.165) is 5.56 Å². The second kappa shape index (κ2) is 10.3. The number of rotatable bonds is 8. The lowest BCUT2D eigenvalue weighted by Crippen LogP contribution is -2.47. The van der Waals surface area contributed by atoms with Gasteiger partial charge in [-0.05, 0) is 43.0 Å². The molecule has 0 spiro atoms. The Morgan fingerprint density at radius 1 is 1.29 bits per heavy atom. The van der Waals surface area contributed by atoms with E-state index in [9.17, 15) is 18.0 Å². The number of fused-ring (bicyclic) bond motifs is 1. The fourth-order valence-electron chi connectivity index (χ4n) is 4.08. The van der Waals surface area contributed by atoms with Crippen LogP contribution in [0, 0.1) is 0 Å². The number of nitrogens with two attached hydrogens (primary N) is 1. The van der Waals surface area contributed by atoms with Crippen molar-refractivity contribution in [2.24, 2.45) is 4.40 Å². The molecular formula is C24H27N5O5S. The van der Waals surface area contributed by atoms with Gasteiger partial charge >= 0.3 is 0 Å². The molecule has 35 heavy (non-hydrogen) atoms. The van der Waals surface area contributed by atoms with Crippen LogP contribution in [0.1, 0.15) is 36.8 Å². The first-order valence-corrected chi connectivity index (χ1v) is 12.9. The lowest BCUT2D eigenvalue weighted by atomic mass is 9.98. The van der Waals surface area contributed by atoms with Crippen molar-refractivity contribution >= 4 is 44.8 Å². The minimum atomic E-state index is -3.66. The number of carbonyl (C=O) groups excluding carboxylic acids is 2. The highest BCUT2D eigenvalue weighted by Gasteiger charge is 2.37. The average molecular weight is 498 g/mol. The summed E-state index contributed by atoms with van der Waals surface area (Å²) in [5, 5.41) is 7.31. The van der Waals surface area contributed by atoms with Crippen LogP contribution >= 0.6 is 0 Å². The Kier molecular flexibility index (Phi) is 7.15. The monoisotopic (exact) mass is 497 g/mol. The minimum Gasteiger partial charge on any atom is -0.380 e. The van der Waals surface area contributed by atoms with Crippen molar-refractivity contribution < 1.29 is 22.5 Å². The van der Waals surface area contributed by atoms with E-state index >= 15 is 0 Å². The zero-order valence-corrected chi connectivity index (χ0v) is 20.1. The molecule has 4 rings (SSSR count). The van der Waals surface area contributed by atoms with Crippen LogP contribution < -0.4 is 11.1 Å². The van der Waals surface area contributed by atoms with Gasteiger partial charge in [-0.25, -0.2) is 8.42 Å². The maximum atomic E-state index is 13.5. The fraction of sp³-hybridized carbons (Fsp3) is 0.333. The molecule has 0 aliphatic carbocycles. The summed E-state index contributed by atoms with van der Waals surface area (Å²) in [6.45, 7) is 2.13. The lowest BCUT2D eigenvalue weighted by molar-refractivity contribution is -0.138. The summed E-state index contributed by atoms with van der Waals surface area (Å²) in [4.78, 5) is 28.1. The van der Waals surface area contributed by atoms with E-state index in [0.29, 0.717) is 41.7 Å². The molecule has 3 aromatic rings. The van der Waals surface area contributed by atoms with Crippen molar-refractivity contribution in [3.05, 3.63) is 59.7 Å². The second-order valence-electron chi connectivity index (χ2n) is 8.32. The van der Waals surface area contributed by atoms with Crippen molar-refractivity contribution in [1.29, 1.82) is 0 Å². The Morgan fingerprint density at radius 3 is 2.80 bits per heavy atom. The molecule has 184 valence electrons. The summed E-state index contributed by atoms with van der Waals surface area (Å²) in [6.07, 6.45) is 2.35. The molecule has 1 fully saturated rings. The molecular weight excluding hydrogens is 470 g/mol. The molecule has 1 aliphatic heterocycles. The summed E-state index contributed by atoms with van der Waals surface area (Å²) in [7, 11) is -3.66. The second-order valence-corrected chi connectivity index (χ2v) is 10.3. The predicted molar refractivity (Wildman–Crippen MR) is 132 cm³/mol. The van der Waals surface area contributed by atoms with Gasteiger partial charge in [0.25, 0.3) is 10.0 Å². The van der Waals surface area contributed by atoms with Gasteiger partial charge in [0.15, 0.2) is 11.4 Å². The zero-order chi connectivity index (χ0) is 25.0. The van der Waals surface area contributed by atoms with Crippen molar-refractivity contribution in [2.45, 2.75) is 38.3 Å². The number of aromatic nitrogens is 1. The van der Waals surface area contributed by atoms with E-state index in [1.165, 1.54) is 18.0 Å². The topological polar surface area (TPSA) is 148 Å². The van der Waals surface area contributed by atoms with Gasteiger partial charge in [-0.3, -0.25) is 9.59 Å². The van der Waals surface area contributed by atoms with Crippen molar-refractivity contribution in [3.63, 3.8) is 0 Å². The maximum absolute atomic E-state index is 13.5. The van der Waals surface area contributed by atoms with E-state index in [1.807, 2.05) is 12.1 Å². The molecule has 1 saturated heterocycles. The number of nitrogen functional groups attached to an aromatic ring is 1. The number of carbonyl (C=O) groups is 2. The van der Waals surface area contributed by atoms with Crippen LogP contribution in [0.3, 0.4) is 0 Å². The molecule has 0 radical (unpaired) electrons. The number of anilines is 1. The Hall–Kier alpha value is -3.73. The van der Waals surface area contributed by atoms with Gasteiger partial charge in [0.05, 0.1) is 17.1 Å². The van der Waals surface area contributed by atoms with Crippen LogP contribution in [0.25, 0.3) is 11.0 Å². The fourth-order valence-corrected chi connectivity index (χ4v) is 4.54. The molecule has 2 heterocycles. The Balaban J connectivity index is 1.49. The van der Waals surface area contributed by atoms with Gasteiger partial charge in [-0.15, -0.1) is 0 Å². The number of nitrogens with zero attached hydrogens (tertiary/aromatic N) is 3. The summed E-state index contributed by atoms with van der Waals surface area (Å²) in [5.74, 6) is -1.41. The number of hydrogen-bond acceptors (Lipinski definition) is 7. The molecule has 1 aromatic heterocycles.